The van der Waals surface area contributed by atoms with E-state index in [0.717, 1.165) is 16.6 Å². The Bertz CT molecular complexity index is 1390. The van der Waals surface area contributed by atoms with Gasteiger partial charge in [0.2, 0.25) is 5.78 Å². The monoisotopic (exact) mass is 416 g/mol. The molecule has 2 aromatic heterocycles. The van der Waals surface area contributed by atoms with Crippen molar-refractivity contribution in [3.63, 3.8) is 0 Å². The predicted octanol–water partition coefficient (Wildman–Crippen LogP) is 4.52. The van der Waals surface area contributed by atoms with Crippen molar-refractivity contribution in [3.05, 3.63) is 106 Å². The predicted molar refractivity (Wildman–Crippen MR) is 116 cm³/mol. The van der Waals surface area contributed by atoms with Crippen molar-refractivity contribution >= 4 is 28.4 Å². The highest BCUT2D eigenvalue weighted by Gasteiger charge is 2.17. The summed E-state index contributed by atoms with van der Waals surface area (Å²) in [6, 6.07) is 23.7. The van der Waals surface area contributed by atoms with E-state index < -0.39 is 0 Å². The molecular weight excluding hydrogens is 399 g/mol. The zero-order chi connectivity index (χ0) is 20.5. The summed E-state index contributed by atoms with van der Waals surface area (Å²) in [5, 5.41) is 10.0. The van der Waals surface area contributed by atoms with E-state index in [1.807, 2.05) is 59.0 Å². The van der Waals surface area contributed by atoms with Crippen LogP contribution in [0, 0.1) is 5.82 Å². The second-order valence-electron chi connectivity index (χ2n) is 6.93. The summed E-state index contributed by atoms with van der Waals surface area (Å²) < 4.78 is 16.8. The van der Waals surface area contributed by atoms with Gasteiger partial charge in [-0.15, -0.1) is 10.2 Å². The molecular formula is C23H17FN4OS. The summed E-state index contributed by atoms with van der Waals surface area (Å²) in [6.07, 6.45) is 0. The fourth-order valence-corrected chi connectivity index (χ4v) is 4.36. The summed E-state index contributed by atoms with van der Waals surface area (Å²) in [6.45, 7) is 0.411. The molecule has 0 amide bonds. The van der Waals surface area contributed by atoms with Crippen LogP contribution in [0.2, 0.25) is 0 Å². The van der Waals surface area contributed by atoms with Gasteiger partial charge in [0.05, 0.1) is 17.4 Å². The van der Waals surface area contributed by atoms with Crippen molar-refractivity contribution in [3.8, 4) is 0 Å². The number of halogens is 1. The number of benzene rings is 3. The van der Waals surface area contributed by atoms with Crippen LogP contribution in [0.15, 0.2) is 88.8 Å². The van der Waals surface area contributed by atoms with Gasteiger partial charge in [0.15, 0.2) is 5.16 Å². The Hall–Kier alpha value is -3.45. The minimum absolute atomic E-state index is 0.0931. The van der Waals surface area contributed by atoms with Crippen LogP contribution in [0.4, 0.5) is 4.39 Å². The smallest absolute Gasteiger partial charge is 0.263 e. The minimum atomic E-state index is -0.257. The van der Waals surface area contributed by atoms with E-state index in [1.165, 1.54) is 23.9 Å². The quantitative estimate of drug-likeness (QED) is 0.395. The normalized spacial score (nSPS) is 11.4. The Balaban J connectivity index is 1.63. The molecule has 0 bridgehead atoms. The highest BCUT2D eigenvalue weighted by molar-refractivity contribution is 7.98. The van der Waals surface area contributed by atoms with Crippen LogP contribution in [0.25, 0.3) is 16.7 Å². The van der Waals surface area contributed by atoms with E-state index in [-0.39, 0.29) is 11.4 Å². The summed E-state index contributed by atoms with van der Waals surface area (Å²) >= 11 is 1.50. The number of hydrogen-bond acceptors (Lipinski definition) is 4. The van der Waals surface area contributed by atoms with E-state index in [0.29, 0.717) is 28.6 Å². The third-order valence-electron chi connectivity index (χ3n) is 4.94. The van der Waals surface area contributed by atoms with E-state index in [2.05, 4.69) is 10.2 Å². The van der Waals surface area contributed by atoms with E-state index >= 15 is 0 Å². The number of fused-ring (bicyclic) bond motifs is 3. The average molecular weight is 416 g/mol. The summed E-state index contributed by atoms with van der Waals surface area (Å²) in [5.41, 5.74) is 2.68. The second-order valence-corrected chi connectivity index (χ2v) is 7.87. The molecule has 7 heteroatoms. The molecule has 5 rings (SSSR count). The Morgan fingerprint density at radius 3 is 2.37 bits per heavy atom. The summed E-state index contributed by atoms with van der Waals surface area (Å²) in [5.74, 6) is 0.865. The number of aromatic nitrogens is 4. The van der Waals surface area contributed by atoms with Crippen LogP contribution in [-0.2, 0) is 12.3 Å². The Kier molecular flexibility index (Phi) is 4.80. The standard InChI is InChI=1S/C23H17FN4OS/c24-18-12-10-17(11-13-18)15-30-23-26-25-22-27(14-16-6-2-1-3-7-16)21(29)19-8-4-5-9-20(19)28(22)23/h1-13H,14-15H2. The van der Waals surface area contributed by atoms with Crippen LogP contribution in [0.5, 0.6) is 0 Å². The minimum Gasteiger partial charge on any atom is -0.272 e. The molecule has 5 aromatic rings. The molecule has 0 N–H and O–H groups in total. The third-order valence-corrected chi connectivity index (χ3v) is 5.94. The average Bonchev–Trinajstić information content (AvgIpc) is 3.21. The van der Waals surface area contributed by atoms with Crippen molar-refractivity contribution < 1.29 is 4.39 Å². The third kappa shape index (κ3) is 3.37. The molecule has 5 nitrogen and oxygen atoms in total. The van der Waals surface area contributed by atoms with Crippen LogP contribution >= 0.6 is 11.8 Å². The van der Waals surface area contributed by atoms with Gasteiger partial charge >= 0.3 is 0 Å². The van der Waals surface area contributed by atoms with Crippen LogP contribution in [0.1, 0.15) is 11.1 Å². The first-order chi connectivity index (χ1) is 14.7. The SMILES string of the molecule is O=c1c2ccccc2n2c(SCc3ccc(F)cc3)nnc2n1Cc1ccccc1. The lowest BCUT2D eigenvalue weighted by Gasteiger charge is -2.11. The molecule has 0 aliphatic carbocycles. The Morgan fingerprint density at radius 2 is 1.57 bits per heavy atom. The molecule has 0 atom stereocenters. The number of nitrogens with zero attached hydrogens (tertiary/aromatic N) is 4. The van der Waals surface area contributed by atoms with E-state index in [9.17, 15) is 9.18 Å². The van der Waals surface area contributed by atoms with Crippen LogP contribution in [0.3, 0.4) is 0 Å². The Labute approximate surface area is 175 Å². The molecule has 0 fully saturated rings. The Morgan fingerprint density at radius 1 is 0.833 bits per heavy atom. The van der Waals surface area contributed by atoms with Gasteiger partial charge in [-0.25, -0.2) is 4.39 Å². The molecule has 0 saturated heterocycles. The van der Waals surface area contributed by atoms with Crippen LogP contribution < -0.4 is 5.56 Å². The molecule has 30 heavy (non-hydrogen) atoms. The highest BCUT2D eigenvalue weighted by Crippen LogP contribution is 2.25. The topological polar surface area (TPSA) is 52.2 Å². The fraction of sp³-hybridized carbons (Fsp3) is 0.0870. The van der Waals surface area contributed by atoms with Crippen molar-refractivity contribution in [2.75, 3.05) is 0 Å². The zero-order valence-electron chi connectivity index (χ0n) is 15.9. The largest absolute Gasteiger partial charge is 0.272 e. The van der Waals surface area contributed by atoms with Crippen molar-refractivity contribution in [1.82, 2.24) is 19.2 Å². The fourth-order valence-electron chi connectivity index (χ4n) is 3.46. The lowest BCUT2D eigenvalue weighted by Crippen LogP contribution is -2.24. The van der Waals surface area contributed by atoms with E-state index in [4.69, 9.17) is 0 Å². The molecule has 0 spiro atoms. The van der Waals surface area contributed by atoms with Crippen molar-refractivity contribution in [1.29, 1.82) is 0 Å². The van der Waals surface area contributed by atoms with Gasteiger partial charge < -0.3 is 0 Å². The van der Waals surface area contributed by atoms with Gasteiger partial charge in [0.1, 0.15) is 5.82 Å². The highest BCUT2D eigenvalue weighted by atomic mass is 32.2. The van der Waals surface area contributed by atoms with Gasteiger partial charge in [0, 0.05) is 5.75 Å². The molecule has 0 saturated carbocycles. The molecule has 148 valence electrons. The number of para-hydroxylation sites is 1. The molecule has 2 heterocycles. The lowest BCUT2D eigenvalue weighted by atomic mass is 10.2. The van der Waals surface area contributed by atoms with Gasteiger partial charge in [0.25, 0.3) is 5.56 Å². The van der Waals surface area contributed by atoms with Gasteiger partial charge in [-0.1, -0.05) is 66.4 Å². The molecule has 0 radical (unpaired) electrons. The molecule has 3 aromatic carbocycles. The summed E-state index contributed by atoms with van der Waals surface area (Å²) in [7, 11) is 0. The van der Waals surface area contributed by atoms with Gasteiger partial charge in [-0.05, 0) is 35.4 Å². The first kappa shape index (κ1) is 18.6. The van der Waals surface area contributed by atoms with Crippen molar-refractivity contribution in [2.24, 2.45) is 0 Å². The maximum Gasteiger partial charge on any atom is 0.263 e. The number of rotatable bonds is 5. The van der Waals surface area contributed by atoms with Gasteiger partial charge in [-0.3, -0.25) is 13.8 Å². The van der Waals surface area contributed by atoms with Gasteiger partial charge in [-0.2, -0.15) is 0 Å². The molecule has 0 aliphatic rings. The van der Waals surface area contributed by atoms with Crippen molar-refractivity contribution in [2.45, 2.75) is 17.5 Å². The van der Waals surface area contributed by atoms with Crippen LogP contribution in [-0.4, -0.2) is 19.2 Å². The second kappa shape index (κ2) is 7.76. The maximum absolute atomic E-state index is 13.2. The molecule has 0 unspecified atom stereocenters. The zero-order valence-corrected chi connectivity index (χ0v) is 16.7. The summed E-state index contributed by atoms with van der Waals surface area (Å²) in [4.78, 5) is 13.2. The lowest BCUT2D eigenvalue weighted by molar-refractivity contribution is 0.627. The molecule has 0 aliphatic heterocycles. The van der Waals surface area contributed by atoms with E-state index in [1.54, 1.807) is 16.7 Å². The first-order valence-electron chi connectivity index (χ1n) is 9.48. The number of thioether (sulfide) groups is 1. The maximum atomic E-state index is 13.2. The first-order valence-corrected chi connectivity index (χ1v) is 10.5. The number of hydrogen-bond donors (Lipinski definition) is 0.